The molecule has 0 saturated carbocycles. The van der Waals surface area contributed by atoms with Gasteiger partial charge in [0.2, 0.25) is 5.91 Å². The van der Waals surface area contributed by atoms with Crippen LogP contribution in [-0.2, 0) is 22.4 Å². The summed E-state index contributed by atoms with van der Waals surface area (Å²) in [5.41, 5.74) is 4.44. The lowest BCUT2D eigenvalue weighted by Gasteiger charge is -2.26. The largest absolute Gasteiger partial charge is 0.493 e. The maximum atomic E-state index is 13.2. The van der Waals surface area contributed by atoms with E-state index in [0.29, 0.717) is 36.6 Å². The fourth-order valence-corrected chi connectivity index (χ4v) is 4.69. The molecule has 176 valence electrons. The zero-order valence-electron chi connectivity index (χ0n) is 19.2. The normalized spacial score (nSPS) is 15.1. The fraction of sp³-hybridized carbons (Fsp3) is 0.250. The lowest BCUT2D eigenvalue weighted by atomic mass is 10.0. The standard InChI is InChI=1S/C28H25N3O4/c32-26(31-12-11-20-9-10-22(14-25(20)31)35-17-19-15-34-16-19)13-18-5-7-21(8-6-18)27-23-3-1-2-4-24(23)28(33)30-29-27/h1-10,14,19H,11-13,15-17H2,(H,30,33). The van der Waals surface area contributed by atoms with Crippen molar-refractivity contribution in [1.29, 1.82) is 0 Å². The van der Waals surface area contributed by atoms with Crippen molar-refractivity contribution in [2.24, 2.45) is 5.92 Å². The van der Waals surface area contributed by atoms with Crippen molar-refractivity contribution in [3.8, 4) is 17.0 Å². The van der Waals surface area contributed by atoms with Gasteiger partial charge in [-0.15, -0.1) is 0 Å². The summed E-state index contributed by atoms with van der Waals surface area (Å²) in [5.74, 6) is 1.31. The maximum Gasteiger partial charge on any atom is 0.272 e. The second-order valence-electron chi connectivity index (χ2n) is 9.12. The van der Waals surface area contributed by atoms with Gasteiger partial charge in [0, 0.05) is 29.5 Å². The molecule has 7 nitrogen and oxygen atoms in total. The molecule has 35 heavy (non-hydrogen) atoms. The summed E-state index contributed by atoms with van der Waals surface area (Å²) in [4.78, 5) is 27.1. The topological polar surface area (TPSA) is 84.5 Å². The highest BCUT2D eigenvalue weighted by Crippen LogP contribution is 2.33. The molecule has 2 aliphatic rings. The van der Waals surface area contributed by atoms with Gasteiger partial charge in [-0.2, -0.15) is 5.10 Å². The van der Waals surface area contributed by atoms with Crippen LogP contribution in [0.4, 0.5) is 5.69 Å². The number of aromatic nitrogens is 2. The molecule has 1 N–H and O–H groups in total. The second kappa shape index (κ2) is 9.00. The molecule has 3 aromatic carbocycles. The number of rotatable bonds is 6. The highest BCUT2D eigenvalue weighted by Gasteiger charge is 2.26. The molecule has 4 aromatic rings. The number of nitrogens with one attached hydrogen (secondary N) is 1. The number of amides is 1. The number of anilines is 1. The number of ether oxygens (including phenoxy) is 2. The monoisotopic (exact) mass is 467 g/mol. The Bertz CT molecular complexity index is 1460. The van der Waals surface area contributed by atoms with Gasteiger partial charge in [0.05, 0.1) is 43.0 Å². The van der Waals surface area contributed by atoms with E-state index in [1.807, 2.05) is 59.5 Å². The van der Waals surface area contributed by atoms with E-state index >= 15 is 0 Å². The molecule has 0 spiro atoms. The Morgan fingerprint density at radius 3 is 2.63 bits per heavy atom. The zero-order chi connectivity index (χ0) is 23.8. The number of H-pyrrole nitrogens is 1. The number of nitrogens with zero attached hydrogens (tertiary/aromatic N) is 2. The first-order chi connectivity index (χ1) is 17.2. The SMILES string of the molecule is O=C(Cc1ccc(-c2n[nH]c(=O)c3ccccc23)cc1)N1CCc2ccc(OCC3COC3)cc21. The van der Waals surface area contributed by atoms with Crippen LogP contribution in [0.5, 0.6) is 5.75 Å². The van der Waals surface area contributed by atoms with Crippen LogP contribution < -0.4 is 15.2 Å². The lowest BCUT2D eigenvalue weighted by Crippen LogP contribution is -2.32. The number of aromatic amines is 1. The molecule has 2 aliphatic heterocycles. The van der Waals surface area contributed by atoms with Gasteiger partial charge in [0.25, 0.3) is 5.56 Å². The van der Waals surface area contributed by atoms with Crippen LogP contribution in [-0.4, -0.2) is 42.5 Å². The second-order valence-corrected chi connectivity index (χ2v) is 9.12. The van der Waals surface area contributed by atoms with Crippen LogP contribution in [0, 0.1) is 5.92 Å². The van der Waals surface area contributed by atoms with Crippen LogP contribution in [0.25, 0.3) is 22.0 Å². The Morgan fingerprint density at radius 2 is 1.86 bits per heavy atom. The van der Waals surface area contributed by atoms with Crippen LogP contribution in [0.1, 0.15) is 11.1 Å². The molecule has 1 aromatic heterocycles. The quantitative estimate of drug-likeness (QED) is 0.467. The van der Waals surface area contributed by atoms with Crippen molar-refractivity contribution in [2.75, 3.05) is 31.3 Å². The number of fused-ring (bicyclic) bond motifs is 2. The van der Waals surface area contributed by atoms with E-state index in [-0.39, 0.29) is 11.5 Å². The van der Waals surface area contributed by atoms with E-state index in [4.69, 9.17) is 9.47 Å². The minimum atomic E-state index is -0.205. The van der Waals surface area contributed by atoms with Crippen molar-refractivity contribution in [3.63, 3.8) is 0 Å². The van der Waals surface area contributed by atoms with Crippen molar-refractivity contribution in [3.05, 3.63) is 88.2 Å². The van der Waals surface area contributed by atoms with Gasteiger partial charge in [-0.25, -0.2) is 5.10 Å². The van der Waals surface area contributed by atoms with Gasteiger partial charge in [0.15, 0.2) is 0 Å². The molecule has 0 atom stereocenters. The molecule has 0 unspecified atom stereocenters. The Balaban J connectivity index is 1.18. The first kappa shape index (κ1) is 21.6. The smallest absolute Gasteiger partial charge is 0.272 e. The Morgan fingerprint density at radius 1 is 1.06 bits per heavy atom. The third-order valence-electron chi connectivity index (χ3n) is 6.72. The molecule has 1 saturated heterocycles. The number of carbonyl (C=O) groups excluding carboxylic acids is 1. The Labute approximate surface area is 202 Å². The maximum absolute atomic E-state index is 13.2. The number of hydrogen-bond donors (Lipinski definition) is 1. The number of hydrogen-bond acceptors (Lipinski definition) is 5. The van der Waals surface area contributed by atoms with Gasteiger partial charge in [-0.3, -0.25) is 9.59 Å². The average molecular weight is 468 g/mol. The molecule has 1 amide bonds. The van der Waals surface area contributed by atoms with Gasteiger partial charge in [0.1, 0.15) is 5.75 Å². The molecular weight excluding hydrogens is 442 g/mol. The summed E-state index contributed by atoms with van der Waals surface area (Å²) in [7, 11) is 0. The minimum Gasteiger partial charge on any atom is -0.493 e. The molecule has 0 aliphatic carbocycles. The van der Waals surface area contributed by atoms with E-state index in [2.05, 4.69) is 16.3 Å². The van der Waals surface area contributed by atoms with E-state index in [0.717, 1.165) is 47.6 Å². The molecular formula is C28H25N3O4. The minimum absolute atomic E-state index is 0.0636. The third-order valence-corrected chi connectivity index (χ3v) is 6.72. The van der Waals surface area contributed by atoms with Gasteiger partial charge in [-0.1, -0.05) is 48.5 Å². The zero-order valence-corrected chi connectivity index (χ0v) is 19.2. The number of carbonyl (C=O) groups is 1. The number of benzene rings is 3. The summed E-state index contributed by atoms with van der Waals surface area (Å²) in [6.07, 6.45) is 1.16. The van der Waals surface area contributed by atoms with Gasteiger partial charge >= 0.3 is 0 Å². The molecule has 7 heteroatoms. The summed E-state index contributed by atoms with van der Waals surface area (Å²) < 4.78 is 11.1. The summed E-state index contributed by atoms with van der Waals surface area (Å²) >= 11 is 0. The lowest BCUT2D eigenvalue weighted by molar-refractivity contribution is -0.117. The molecule has 0 radical (unpaired) electrons. The fourth-order valence-electron chi connectivity index (χ4n) is 4.69. The Hall–Kier alpha value is -3.97. The van der Waals surface area contributed by atoms with Crippen molar-refractivity contribution >= 4 is 22.4 Å². The highest BCUT2D eigenvalue weighted by atomic mass is 16.5. The van der Waals surface area contributed by atoms with Crippen LogP contribution in [0.15, 0.2) is 71.5 Å². The van der Waals surface area contributed by atoms with Crippen molar-refractivity contribution in [2.45, 2.75) is 12.8 Å². The van der Waals surface area contributed by atoms with E-state index < -0.39 is 0 Å². The Kier molecular flexibility index (Phi) is 5.54. The molecule has 1 fully saturated rings. The highest BCUT2D eigenvalue weighted by molar-refractivity contribution is 5.97. The molecule has 0 bridgehead atoms. The van der Waals surface area contributed by atoms with Crippen LogP contribution in [0.3, 0.4) is 0 Å². The van der Waals surface area contributed by atoms with Crippen molar-refractivity contribution in [1.82, 2.24) is 10.2 Å². The van der Waals surface area contributed by atoms with Crippen LogP contribution >= 0.6 is 0 Å². The first-order valence-corrected chi connectivity index (χ1v) is 11.9. The summed E-state index contributed by atoms with van der Waals surface area (Å²) in [6.45, 7) is 2.82. The predicted octanol–water partition coefficient (Wildman–Crippen LogP) is 3.75. The summed E-state index contributed by atoms with van der Waals surface area (Å²) in [5, 5.41) is 8.25. The average Bonchev–Trinajstić information content (AvgIpc) is 3.28. The van der Waals surface area contributed by atoms with Crippen LogP contribution in [0.2, 0.25) is 0 Å². The van der Waals surface area contributed by atoms with Crippen molar-refractivity contribution < 1.29 is 14.3 Å². The third kappa shape index (κ3) is 4.19. The van der Waals surface area contributed by atoms with Gasteiger partial charge in [-0.05, 0) is 29.7 Å². The van der Waals surface area contributed by atoms with E-state index in [1.165, 1.54) is 5.56 Å². The predicted molar refractivity (Wildman–Crippen MR) is 134 cm³/mol. The molecule has 3 heterocycles. The van der Waals surface area contributed by atoms with E-state index in [9.17, 15) is 9.59 Å². The molecule has 6 rings (SSSR count). The summed E-state index contributed by atoms with van der Waals surface area (Å²) in [6, 6.07) is 21.2. The van der Waals surface area contributed by atoms with E-state index in [1.54, 1.807) is 6.07 Å². The first-order valence-electron chi connectivity index (χ1n) is 11.9. The van der Waals surface area contributed by atoms with Gasteiger partial charge < -0.3 is 14.4 Å².